The highest BCUT2D eigenvalue weighted by Crippen LogP contribution is 2.01. The van der Waals surface area contributed by atoms with Crippen molar-refractivity contribution in [3.63, 3.8) is 0 Å². The second kappa shape index (κ2) is 2.41. The monoisotopic (exact) mass is 161 g/mol. The molecule has 4 nitrogen and oxygen atoms in total. The third-order valence-electron chi connectivity index (χ3n) is 1.64. The molecule has 0 atom stereocenters. The molecule has 2 rings (SSSR count). The van der Waals surface area contributed by atoms with Crippen molar-refractivity contribution in [1.29, 1.82) is 0 Å². The van der Waals surface area contributed by atoms with Crippen molar-refractivity contribution >= 4 is 11.0 Å². The van der Waals surface area contributed by atoms with Gasteiger partial charge in [0.1, 0.15) is 0 Å². The minimum Gasteiger partial charge on any atom is -0.344 e. The largest absolute Gasteiger partial charge is 0.344 e. The lowest BCUT2D eigenvalue weighted by Crippen LogP contribution is -2.02. The van der Waals surface area contributed by atoms with E-state index in [0.29, 0.717) is 11.0 Å². The average molecular weight is 161 g/mol. The van der Waals surface area contributed by atoms with Crippen molar-refractivity contribution in [2.75, 3.05) is 0 Å². The van der Waals surface area contributed by atoms with Gasteiger partial charge in [-0.2, -0.15) is 5.10 Å². The number of hydrogen-bond acceptors (Lipinski definition) is 3. The summed E-state index contributed by atoms with van der Waals surface area (Å²) in [6.07, 6.45) is 1.56. The molecule has 2 aromatic heterocycles. The van der Waals surface area contributed by atoms with Gasteiger partial charge in [-0.05, 0) is 13.0 Å². The van der Waals surface area contributed by atoms with Crippen LogP contribution >= 0.6 is 0 Å². The maximum absolute atomic E-state index is 11.2. The molecule has 0 saturated carbocycles. The van der Waals surface area contributed by atoms with Gasteiger partial charge in [-0.15, -0.1) is 5.10 Å². The van der Waals surface area contributed by atoms with Crippen molar-refractivity contribution in [3.05, 3.63) is 34.2 Å². The zero-order valence-electron chi connectivity index (χ0n) is 6.53. The van der Waals surface area contributed by atoms with E-state index >= 15 is 0 Å². The number of H-pyrrole nitrogens is 1. The SMILES string of the molecule is Cc1cc2c(=O)cc[nH]c2nn1. The topological polar surface area (TPSA) is 58.6 Å². The fourth-order valence-corrected chi connectivity index (χ4v) is 1.07. The first-order chi connectivity index (χ1) is 5.77. The van der Waals surface area contributed by atoms with Crippen LogP contribution in [0.1, 0.15) is 5.69 Å². The van der Waals surface area contributed by atoms with Gasteiger partial charge in [-0.1, -0.05) is 0 Å². The number of hydrogen-bond donors (Lipinski definition) is 1. The second-order valence-electron chi connectivity index (χ2n) is 2.59. The third-order valence-corrected chi connectivity index (χ3v) is 1.64. The zero-order valence-corrected chi connectivity index (χ0v) is 6.53. The Morgan fingerprint density at radius 2 is 2.25 bits per heavy atom. The molecule has 2 aromatic rings. The number of aromatic nitrogens is 3. The number of pyridine rings is 1. The molecule has 60 valence electrons. The predicted octanol–water partition coefficient (Wildman–Crippen LogP) is 0.627. The Balaban J connectivity index is 2.98. The molecule has 0 fully saturated rings. The van der Waals surface area contributed by atoms with Gasteiger partial charge in [0.2, 0.25) is 0 Å². The van der Waals surface area contributed by atoms with E-state index in [1.54, 1.807) is 19.2 Å². The van der Waals surface area contributed by atoms with Gasteiger partial charge in [-0.25, -0.2) is 0 Å². The number of aromatic amines is 1. The highest BCUT2D eigenvalue weighted by molar-refractivity contribution is 5.73. The minimum atomic E-state index is -0.0262. The average Bonchev–Trinajstić information content (AvgIpc) is 2.07. The van der Waals surface area contributed by atoms with Gasteiger partial charge in [0.25, 0.3) is 0 Å². The van der Waals surface area contributed by atoms with Gasteiger partial charge in [0.15, 0.2) is 11.1 Å². The number of aryl methyl sites for hydroxylation is 1. The molecular formula is C8H7N3O. The van der Waals surface area contributed by atoms with Gasteiger partial charge >= 0.3 is 0 Å². The molecular weight excluding hydrogens is 154 g/mol. The molecule has 0 aromatic carbocycles. The van der Waals surface area contributed by atoms with Crippen LogP contribution in [0.2, 0.25) is 0 Å². The number of nitrogens with one attached hydrogen (secondary N) is 1. The third kappa shape index (κ3) is 0.972. The maximum atomic E-state index is 11.2. The van der Waals surface area contributed by atoms with E-state index in [1.807, 2.05) is 0 Å². The summed E-state index contributed by atoms with van der Waals surface area (Å²) < 4.78 is 0. The second-order valence-corrected chi connectivity index (χ2v) is 2.59. The summed E-state index contributed by atoms with van der Waals surface area (Å²) in [5.74, 6) is 0. The van der Waals surface area contributed by atoms with E-state index in [2.05, 4.69) is 15.2 Å². The first kappa shape index (κ1) is 6.97. The molecule has 0 bridgehead atoms. The summed E-state index contributed by atoms with van der Waals surface area (Å²) in [5.41, 5.74) is 1.26. The van der Waals surface area contributed by atoms with Crippen molar-refractivity contribution < 1.29 is 0 Å². The smallest absolute Gasteiger partial charge is 0.191 e. The Morgan fingerprint density at radius 3 is 3.08 bits per heavy atom. The molecule has 1 N–H and O–H groups in total. The van der Waals surface area contributed by atoms with E-state index in [4.69, 9.17) is 0 Å². The first-order valence-electron chi connectivity index (χ1n) is 3.59. The summed E-state index contributed by atoms with van der Waals surface area (Å²) in [6, 6.07) is 3.20. The molecule has 0 aliphatic heterocycles. The van der Waals surface area contributed by atoms with Gasteiger partial charge in [-0.3, -0.25) is 4.79 Å². The zero-order chi connectivity index (χ0) is 8.55. The molecule has 12 heavy (non-hydrogen) atoms. The van der Waals surface area contributed by atoms with E-state index in [0.717, 1.165) is 5.69 Å². The van der Waals surface area contributed by atoms with Crippen LogP contribution in [0.5, 0.6) is 0 Å². The lowest BCUT2D eigenvalue weighted by atomic mass is 10.3. The number of rotatable bonds is 0. The maximum Gasteiger partial charge on any atom is 0.191 e. The van der Waals surface area contributed by atoms with E-state index < -0.39 is 0 Å². The van der Waals surface area contributed by atoms with Crippen molar-refractivity contribution in [1.82, 2.24) is 15.2 Å². The van der Waals surface area contributed by atoms with Crippen molar-refractivity contribution in [2.24, 2.45) is 0 Å². The van der Waals surface area contributed by atoms with E-state index in [9.17, 15) is 4.79 Å². The van der Waals surface area contributed by atoms with Gasteiger partial charge in [0, 0.05) is 12.3 Å². The molecule has 0 saturated heterocycles. The van der Waals surface area contributed by atoms with Crippen LogP contribution in [-0.4, -0.2) is 15.2 Å². The molecule has 0 spiro atoms. The number of nitrogens with zero attached hydrogens (tertiary/aromatic N) is 2. The minimum absolute atomic E-state index is 0.0262. The fourth-order valence-electron chi connectivity index (χ4n) is 1.07. The van der Waals surface area contributed by atoms with Crippen LogP contribution in [0.3, 0.4) is 0 Å². The standard InChI is InChI=1S/C8H7N3O/c1-5-4-6-7(12)2-3-9-8(6)11-10-5/h2-4H,1H3,(H,9,11,12). The summed E-state index contributed by atoms with van der Waals surface area (Å²) >= 11 is 0. The number of fused-ring (bicyclic) bond motifs is 1. The Bertz CT molecular complexity index is 475. The first-order valence-corrected chi connectivity index (χ1v) is 3.59. The summed E-state index contributed by atoms with van der Waals surface area (Å²) in [5, 5.41) is 8.25. The van der Waals surface area contributed by atoms with Crippen LogP contribution in [-0.2, 0) is 0 Å². The summed E-state index contributed by atoms with van der Waals surface area (Å²) in [4.78, 5) is 14.1. The highest BCUT2D eigenvalue weighted by Gasteiger charge is 1.98. The quantitative estimate of drug-likeness (QED) is 0.616. The normalized spacial score (nSPS) is 10.4. The van der Waals surface area contributed by atoms with Crippen molar-refractivity contribution in [2.45, 2.75) is 6.92 Å². The van der Waals surface area contributed by atoms with Crippen LogP contribution in [0, 0.1) is 6.92 Å². The molecule has 0 unspecified atom stereocenters. The van der Waals surface area contributed by atoms with Crippen LogP contribution in [0.25, 0.3) is 11.0 Å². The molecule has 0 amide bonds. The summed E-state index contributed by atoms with van der Waals surface area (Å²) in [6.45, 7) is 1.80. The molecule has 0 aliphatic rings. The van der Waals surface area contributed by atoms with Crippen LogP contribution < -0.4 is 5.43 Å². The Hall–Kier alpha value is -1.71. The Labute approximate surface area is 68.3 Å². The fraction of sp³-hybridized carbons (Fsp3) is 0.125. The van der Waals surface area contributed by atoms with E-state index in [1.165, 1.54) is 6.07 Å². The van der Waals surface area contributed by atoms with Crippen LogP contribution in [0.4, 0.5) is 0 Å². The molecule has 2 heterocycles. The van der Waals surface area contributed by atoms with Crippen molar-refractivity contribution in [3.8, 4) is 0 Å². The summed E-state index contributed by atoms with van der Waals surface area (Å²) in [7, 11) is 0. The molecule has 4 heteroatoms. The lowest BCUT2D eigenvalue weighted by Gasteiger charge is -1.94. The van der Waals surface area contributed by atoms with Gasteiger partial charge in [0.05, 0.1) is 11.1 Å². The highest BCUT2D eigenvalue weighted by atomic mass is 16.1. The Morgan fingerprint density at radius 1 is 1.42 bits per heavy atom. The molecule has 0 aliphatic carbocycles. The van der Waals surface area contributed by atoms with Crippen LogP contribution in [0.15, 0.2) is 23.1 Å². The lowest BCUT2D eigenvalue weighted by molar-refractivity contribution is 0.999. The van der Waals surface area contributed by atoms with Gasteiger partial charge < -0.3 is 4.98 Å². The predicted molar refractivity (Wildman–Crippen MR) is 44.9 cm³/mol. The molecule has 0 radical (unpaired) electrons. The Kier molecular flexibility index (Phi) is 1.40. The van der Waals surface area contributed by atoms with E-state index in [-0.39, 0.29) is 5.43 Å².